The lowest BCUT2D eigenvalue weighted by Crippen LogP contribution is -2.11. The minimum Gasteiger partial charge on any atom is -0.359 e. The highest BCUT2D eigenvalue weighted by molar-refractivity contribution is 5.45. The molecule has 0 bridgehead atoms. The van der Waals surface area contributed by atoms with E-state index in [0.717, 1.165) is 38.6 Å². The largest absolute Gasteiger partial charge is 0.359 e. The van der Waals surface area contributed by atoms with Gasteiger partial charge < -0.3 is 5.32 Å². The summed E-state index contributed by atoms with van der Waals surface area (Å²) in [5.41, 5.74) is 1.29. The number of hydrogen-bond acceptors (Lipinski definition) is 2. The van der Waals surface area contributed by atoms with Crippen LogP contribution >= 0.6 is 0 Å². The Labute approximate surface area is 84.6 Å². The third-order valence-corrected chi connectivity index (χ3v) is 2.09. The molecule has 0 aliphatic heterocycles. The van der Waals surface area contributed by atoms with Gasteiger partial charge in [0.05, 0.1) is 0 Å². The molecular formula is C11H16N2O. The van der Waals surface area contributed by atoms with Crippen molar-refractivity contribution in [1.82, 2.24) is 10.3 Å². The lowest BCUT2D eigenvalue weighted by molar-refractivity contribution is -0.109. The number of amides is 1. The number of pyridine rings is 1. The number of aromatic nitrogens is 1. The van der Waals surface area contributed by atoms with Crippen molar-refractivity contribution in [2.45, 2.75) is 25.7 Å². The Morgan fingerprint density at radius 1 is 1.36 bits per heavy atom. The number of unbranched alkanes of at least 4 members (excludes halogenated alkanes) is 2. The molecule has 0 saturated carbocycles. The number of carbonyl (C=O) groups is 1. The van der Waals surface area contributed by atoms with Gasteiger partial charge in [-0.2, -0.15) is 0 Å². The topological polar surface area (TPSA) is 42.0 Å². The summed E-state index contributed by atoms with van der Waals surface area (Å²) < 4.78 is 0. The molecule has 1 rings (SSSR count). The summed E-state index contributed by atoms with van der Waals surface area (Å²) >= 11 is 0. The van der Waals surface area contributed by atoms with Crippen LogP contribution in [-0.2, 0) is 11.2 Å². The highest BCUT2D eigenvalue weighted by Crippen LogP contribution is 2.04. The summed E-state index contributed by atoms with van der Waals surface area (Å²) in [5.74, 6) is 0. The van der Waals surface area contributed by atoms with E-state index in [2.05, 4.69) is 16.4 Å². The summed E-state index contributed by atoms with van der Waals surface area (Å²) in [5, 5.41) is 2.65. The van der Waals surface area contributed by atoms with Crippen molar-refractivity contribution in [3.63, 3.8) is 0 Å². The zero-order chi connectivity index (χ0) is 10.1. The van der Waals surface area contributed by atoms with Crippen molar-refractivity contribution in [3.8, 4) is 0 Å². The van der Waals surface area contributed by atoms with Crippen LogP contribution in [0.15, 0.2) is 24.5 Å². The Balaban J connectivity index is 2.02. The SMILES string of the molecule is O=CNCCCCCc1cccnc1. The van der Waals surface area contributed by atoms with Crippen molar-refractivity contribution >= 4 is 6.41 Å². The van der Waals surface area contributed by atoms with Crippen LogP contribution in [0.2, 0.25) is 0 Å². The first kappa shape index (κ1) is 10.7. The quantitative estimate of drug-likeness (QED) is 0.526. The summed E-state index contributed by atoms with van der Waals surface area (Å²) in [6.07, 6.45) is 8.89. The van der Waals surface area contributed by atoms with Gasteiger partial charge in [-0.3, -0.25) is 9.78 Å². The van der Waals surface area contributed by atoms with Crippen molar-refractivity contribution in [2.24, 2.45) is 0 Å². The first-order chi connectivity index (χ1) is 6.93. The molecule has 0 aromatic carbocycles. The van der Waals surface area contributed by atoms with Gasteiger partial charge in [-0.1, -0.05) is 12.5 Å². The molecule has 1 N–H and O–H groups in total. The molecule has 76 valence electrons. The van der Waals surface area contributed by atoms with Gasteiger partial charge in [-0.15, -0.1) is 0 Å². The Hall–Kier alpha value is -1.38. The lowest BCUT2D eigenvalue weighted by Gasteiger charge is -2.00. The van der Waals surface area contributed by atoms with Crippen molar-refractivity contribution in [2.75, 3.05) is 6.54 Å². The maximum Gasteiger partial charge on any atom is 0.207 e. The average Bonchev–Trinajstić information content (AvgIpc) is 2.25. The molecule has 0 aliphatic rings. The predicted molar refractivity (Wildman–Crippen MR) is 55.9 cm³/mol. The smallest absolute Gasteiger partial charge is 0.207 e. The second-order valence-corrected chi connectivity index (χ2v) is 3.24. The molecule has 0 radical (unpaired) electrons. The Morgan fingerprint density at radius 3 is 3.00 bits per heavy atom. The lowest BCUT2D eigenvalue weighted by atomic mass is 10.1. The molecule has 0 spiro atoms. The normalized spacial score (nSPS) is 9.71. The maximum absolute atomic E-state index is 9.94. The zero-order valence-electron chi connectivity index (χ0n) is 8.28. The molecule has 14 heavy (non-hydrogen) atoms. The second-order valence-electron chi connectivity index (χ2n) is 3.24. The number of nitrogens with zero attached hydrogens (tertiary/aromatic N) is 1. The van der Waals surface area contributed by atoms with Gasteiger partial charge >= 0.3 is 0 Å². The third-order valence-electron chi connectivity index (χ3n) is 2.09. The zero-order valence-corrected chi connectivity index (χ0v) is 8.28. The van der Waals surface area contributed by atoms with Crippen LogP contribution in [-0.4, -0.2) is 17.9 Å². The molecule has 0 saturated heterocycles. The van der Waals surface area contributed by atoms with Gasteiger partial charge in [0, 0.05) is 18.9 Å². The summed E-state index contributed by atoms with van der Waals surface area (Å²) in [7, 11) is 0. The van der Waals surface area contributed by atoms with Crippen LogP contribution in [0.4, 0.5) is 0 Å². The van der Waals surface area contributed by atoms with E-state index in [1.807, 2.05) is 12.3 Å². The summed E-state index contributed by atoms with van der Waals surface area (Å²) in [6.45, 7) is 0.788. The number of nitrogens with one attached hydrogen (secondary N) is 1. The monoisotopic (exact) mass is 192 g/mol. The molecule has 3 heteroatoms. The van der Waals surface area contributed by atoms with Gasteiger partial charge in [-0.05, 0) is 30.9 Å². The van der Waals surface area contributed by atoms with E-state index in [-0.39, 0.29) is 0 Å². The third kappa shape index (κ3) is 4.60. The van der Waals surface area contributed by atoms with Crippen molar-refractivity contribution in [3.05, 3.63) is 30.1 Å². The van der Waals surface area contributed by atoms with Crippen LogP contribution in [0.25, 0.3) is 0 Å². The van der Waals surface area contributed by atoms with Crippen molar-refractivity contribution < 1.29 is 4.79 Å². The van der Waals surface area contributed by atoms with Crippen LogP contribution in [0.3, 0.4) is 0 Å². The Morgan fingerprint density at radius 2 is 2.29 bits per heavy atom. The number of rotatable bonds is 7. The van der Waals surface area contributed by atoms with E-state index in [4.69, 9.17) is 0 Å². The van der Waals surface area contributed by atoms with Gasteiger partial charge in [0.2, 0.25) is 6.41 Å². The Bertz CT molecular complexity index is 249. The molecule has 0 fully saturated rings. The first-order valence-electron chi connectivity index (χ1n) is 4.99. The van der Waals surface area contributed by atoms with E-state index in [1.165, 1.54) is 5.56 Å². The number of carbonyl (C=O) groups excluding carboxylic acids is 1. The molecule has 1 aromatic rings. The molecule has 3 nitrogen and oxygen atoms in total. The highest BCUT2D eigenvalue weighted by atomic mass is 16.1. The van der Waals surface area contributed by atoms with E-state index in [9.17, 15) is 4.79 Å². The molecule has 1 heterocycles. The second kappa shape index (κ2) is 7.06. The average molecular weight is 192 g/mol. The van der Waals surface area contributed by atoms with E-state index in [1.54, 1.807) is 6.20 Å². The van der Waals surface area contributed by atoms with E-state index < -0.39 is 0 Å². The van der Waals surface area contributed by atoms with Gasteiger partial charge in [0.1, 0.15) is 0 Å². The first-order valence-corrected chi connectivity index (χ1v) is 4.99. The number of aryl methyl sites for hydroxylation is 1. The van der Waals surface area contributed by atoms with Crippen LogP contribution in [0.1, 0.15) is 24.8 Å². The van der Waals surface area contributed by atoms with E-state index >= 15 is 0 Å². The van der Waals surface area contributed by atoms with Crippen LogP contribution in [0, 0.1) is 0 Å². The van der Waals surface area contributed by atoms with Crippen LogP contribution < -0.4 is 5.32 Å². The van der Waals surface area contributed by atoms with Gasteiger partial charge in [0.25, 0.3) is 0 Å². The fraction of sp³-hybridized carbons (Fsp3) is 0.455. The van der Waals surface area contributed by atoms with Gasteiger partial charge in [-0.25, -0.2) is 0 Å². The van der Waals surface area contributed by atoms with E-state index in [0.29, 0.717) is 0 Å². The number of hydrogen-bond donors (Lipinski definition) is 1. The minimum atomic E-state index is 0.751. The van der Waals surface area contributed by atoms with Gasteiger partial charge in [0.15, 0.2) is 0 Å². The minimum absolute atomic E-state index is 0.751. The fourth-order valence-electron chi connectivity index (χ4n) is 1.34. The standard InChI is InChI=1S/C11H16N2O/c14-10-13-7-3-1-2-5-11-6-4-8-12-9-11/h4,6,8-10H,1-3,5,7H2,(H,13,14). The summed E-state index contributed by atoms with van der Waals surface area (Å²) in [4.78, 5) is 14.0. The van der Waals surface area contributed by atoms with Crippen LogP contribution in [0.5, 0.6) is 0 Å². The van der Waals surface area contributed by atoms with Crippen molar-refractivity contribution in [1.29, 1.82) is 0 Å². The Kier molecular flexibility index (Phi) is 5.40. The molecular weight excluding hydrogens is 176 g/mol. The maximum atomic E-state index is 9.94. The fourth-order valence-corrected chi connectivity index (χ4v) is 1.34. The highest BCUT2D eigenvalue weighted by Gasteiger charge is 1.92. The molecule has 1 amide bonds. The molecule has 0 aliphatic carbocycles. The molecule has 1 aromatic heterocycles. The molecule has 0 atom stereocenters. The summed E-state index contributed by atoms with van der Waals surface area (Å²) in [6, 6.07) is 4.06. The predicted octanol–water partition coefficient (Wildman–Crippen LogP) is 1.54. The molecule has 0 unspecified atom stereocenters.